The number of imide groups is 1. The van der Waals surface area contributed by atoms with Crippen molar-refractivity contribution in [1.29, 1.82) is 5.26 Å². The summed E-state index contributed by atoms with van der Waals surface area (Å²) in [5.74, 6) is -2.78. The van der Waals surface area contributed by atoms with Crippen LogP contribution in [0.2, 0.25) is 0 Å². The van der Waals surface area contributed by atoms with Gasteiger partial charge in [0.25, 0.3) is 17.7 Å². The number of ether oxygens (including phenoxy) is 1. The van der Waals surface area contributed by atoms with E-state index in [1.807, 2.05) is 0 Å². The first kappa shape index (κ1) is 42.0. The highest BCUT2D eigenvalue weighted by Gasteiger charge is 2.61. The Kier molecular flexibility index (Phi) is 11.0. The molecule has 320 valence electrons. The number of aliphatic hydroxyl groups is 1. The molecule has 0 radical (unpaired) electrons. The Morgan fingerprint density at radius 2 is 1.72 bits per heavy atom. The van der Waals surface area contributed by atoms with Gasteiger partial charge in [-0.05, 0) is 94.3 Å². The quantitative estimate of drug-likeness (QED) is 0.127. The Balaban J connectivity index is 0.810. The van der Waals surface area contributed by atoms with Gasteiger partial charge in [0, 0.05) is 55.1 Å². The van der Waals surface area contributed by atoms with Crippen LogP contribution in [-0.2, 0) is 20.6 Å². The van der Waals surface area contributed by atoms with Crippen LogP contribution in [0.5, 0.6) is 5.75 Å². The molecular formula is C42H41F4N7O7S. The van der Waals surface area contributed by atoms with E-state index in [4.69, 9.17) is 4.74 Å². The molecule has 3 aromatic carbocycles. The second-order valence-corrected chi connectivity index (χ2v) is 17.3. The van der Waals surface area contributed by atoms with Crippen LogP contribution in [0.1, 0.15) is 83.2 Å². The number of anilines is 2. The molecule has 0 aliphatic carbocycles. The molecule has 4 atom stereocenters. The second kappa shape index (κ2) is 16.0. The fraction of sp³-hybridized carbons (Fsp3) is 0.429. The number of benzene rings is 3. The summed E-state index contributed by atoms with van der Waals surface area (Å²) in [5.41, 5.74) is -2.11. The maximum atomic E-state index is 15.7. The van der Waals surface area contributed by atoms with E-state index in [2.05, 4.69) is 10.2 Å². The van der Waals surface area contributed by atoms with Crippen molar-refractivity contribution in [3.8, 4) is 11.8 Å². The van der Waals surface area contributed by atoms with Gasteiger partial charge in [-0.1, -0.05) is 0 Å². The van der Waals surface area contributed by atoms with Gasteiger partial charge >= 0.3 is 6.18 Å². The molecule has 0 bridgehead atoms. The largest absolute Gasteiger partial charge is 0.494 e. The van der Waals surface area contributed by atoms with Crippen LogP contribution in [0.4, 0.5) is 28.9 Å². The molecule has 4 saturated heterocycles. The summed E-state index contributed by atoms with van der Waals surface area (Å²) in [6, 6.07) is 12.8. The van der Waals surface area contributed by atoms with Gasteiger partial charge < -0.3 is 19.6 Å². The van der Waals surface area contributed by atoms with Gasteiger partial charge in [-0.2, -0.15) is 18.4 Å². The Morgan fingerprint density at radius 1 is 0.984 bits per heavy atom. The molecule has 61 heavy (non-hydrogen) atoms. The number of fused-ring (bicyclic) bond motifs is 2. The molecule has 0 aromatic heterocycles. The SMILES string of the molecule is CC1(C)C(=O)N(c2ccc(C#N)c(C(F)(F)F)c2)C2SC2N1c1ccc(C(=O)N2CCN(CCCCOc3ccc4c(c3)C(O)N(C3CCC(=O)NC3=O)C4=O)CC2)c(F)c1. The topological polar surface area (TPSA) is 167 Å². The summed E-state index contributed by atoms with van der Waals surface area (Å²) in [7, 11) is 0. The van der Waals surface area contributed by atoms with Gasteiger partial charge in [0.05, 0.1) is 29.4 Å². The molecule has 0 saturated carbocycles. The maximum Gasteiger partial charge on any atom is 0.417 e. The number of piperidine rings is 1. The van der Waals surface area contributed by atoms with Crippen molar-refractivity contribution < 1.29 is 51.4 Å². The number of hydrogen-bond acceptors (Lipinski definition) is 11. The van der Waals surface area contributed by atoms with E-state index in [1.165, 1.54) is 34.9 Å². The van der Waals surface area contributed by atoms with E-state index in [0.29, 0.717) is 56.2 Å². The number of carbonyl (C=O) groups is 5. The molecule has 2 N–H and O–H groups in total. The van der Waals surface area contributed by atoms with E-state index < -0.39 is 81.2 Å². The number of amides is 5. The number of unbranched alkanes of at least 4 members (excludes halogenated alkanes) is 1. The number of aliphatic hydroxyl groups excluding tert-OH is 1. The first-order chi connectivity index (χ1) is 29.0. The van der Waals surface area contributed by atoms with E-state index in [-0.39, 0.29) is 29.7 Å². The predicted molar refractivity (Wildman–Crippen MR) is 213 cm³/mol. The molecule has 3 aromatic rings. The highest BCUT2D eigenvalue weighted by molar-refractivity contribution is 8.08. The number of thioether (sulfide) groups is 1. The fourth-order valence-electron chi connectivity index (χ4n) is 8.55. The number of hydrogen-bond donors (Lipinski definition) is 2. The highest BCUT2D eigenvalue weighted by Crippen LogP contribution is 2.56. The van der Waals surface area contributed by atoms with E-state index >= 15 is 4.39 Å². The van der Waals surface area contributed by atoms with E-state index in [0.717, 1.165) is 30.0 Å². The summed E-state index contributed by atoms with van der Waals surface area (Å²) in [4.78, 5) is 72.2. The number of carbonyl (C=O) groups excluding carboxylic acids is 5. The molecule has 5 heterocycles. The second-order valence-electron chi connectivity index (χ2n) is 16.0. The van der Waals surface area contributed by atoms with E-state index in [9.17, 15) is 47.5 Å². The van der Waals surface area contributed by atoms with Crippen molar-refractivity contribution in [2.45, 2.75) is 74.3 Å². The fourth-order valence-corrected chi connectivity index (χ4v) is 9.84. The third-order valence-electron chi connectivity index (χ3n) is 11.8. The minimum absolute atomic E-state index is 0.0163. The first-order valence-corrected chi connectivity index (χ1v) is 20.8. The molecule has 4 fully saturated rings. The lowest BCUT2D eigenvalue weighted by Gasteiger charge is -2.46. The number of nitriles is 1. The lowest BCUT2D eigenvalue weighted by Crippen LogP contribution is -2.63. The zero-order chi connectivity index (χ0) is 43.5. The third kappa shape index (κ3) is 7.76. The smallest absolute Gasteiger partial charge is 0.417 e. The van der Waals surface area contributed by atoms with Crippen molar-refractivity contribution in [2.24, 2.45) is 0 Å². The van der Waals surface area contributed by atoms with Gasteiger partial charge in [-0.15, -0.1) is 11.8 Å². The Labute approximate surface area is 352 Å². The molecule has 0 spiro atoms. The van der Waals surface area contributed by atoms with Crippen LogP contribution < -0.4 is 19.9 Å². The van der Waals surface area contributed by atoms with Crippen molar-refractivity contribution in [3.63, 3.8) is 0 Å². The van der Waals surface area contributed by atoms with Crippen LogP contribution in [-0.4, -0.2) is 111 Å². The summed E-state index contributed by atoms with van der Waals surface area (Å²) in [6.07, 6.45) is -4.46. The van der Waals surface area contributed by atoms with Gasteiger partial charge in [0.1, 0.15) is 33.9 Å². The summed E-state index contributed by atoms with van der Waals surface area (Å²) >= 11 is 1.33. The maximum absolute atomic E-state index is 15.7. The number of alkyl halides is 3. The number of piperazine rings is 2. The lowest BCUT2D eigenvalue weighted by molar-refractivity contribution is -0.140. The average Bonchev–Trinajstić information content (AvgIpc) is 3.95. The molecule has 5 amide bonds. The molecule has 5 aliphatic rings. The van der Waals surface area contributed by atoms with Crippen LogP contribution in [0.3, 0.4) is 0 Å². The van der Waals surface area contributed by atoms with Crippen LogP contribution >= 0.6 is 11.8 Å². The number of nitrogens with zero attached hydrogens (tertiary/aromatic N) is 6. The first-order valence-electron chi connectivity index (χ1n) is 19.8. The summed E-state index contributed by atoms with van der Waals surface area (Å²) in [5, 5.41) is 21.4. The number of rotatable bonds is 10. The molecule has 5 aliphatic heterocycles. The minimum Gasteiger partial charge on any atom is -0.494 e. The third-order valence-corrected chi connectivity index (χ3v) is 13.0. The summed E-state index contributed by atoms with van der Waals surface area (Å²) in [6.45, 7) is 6.27. The number of nitrogens with one attached hydrogen (secondary N) is 1. The van der Waals surface area contributed by atoms with Gasteiger partial charge in [-0.25, -0.2) is 4.39 Å². The Morgan fingerprint density at radius 3 is 2.41 bits per heavy atom. The standard InChI is InChI=1S/C42H41F4N7O7S/c1-41(2)40(59)51(24-6-5-23(22-47)30(19-24)42(44,45)46)38-39(61-38)53(41)25-7-9-28(31(43)20-25)35(56)50-16-14-49(15-17-50)13-3-4-18-60-26-8-10-27-29(21-26)37(58)52(36(27)57)32-11-12-33(54)48-34(32)55/h5-10,19-21,32,37-39,58H,3-4,11-18H2,1-2H3,(H,48,54,55). The molecule has 14 nitrogen and oxygen atoms in total. The molecule has 8 rings (SSSR count). The molecular weight excluding hydrogens is 823 g/mol. The van der Waals surface area contributed by atoms with Gasteiger partial charge in [0.15, 0.2) is 6.23 Å². The van der Waals surface area contributed by atoms with Gasteiger partial charge in [0.2, 0.25) is 11.8 Å². The van der Waals surface area contributed by atoms with E-state index in [1.54, 1.807) is 54.0 Å². The van der Waals surface area contributed by atoms with Crippen molar-refractivity contribution in [2.75, 3.05) is 49.1 Å². The van der Waals surface area contributed by atoms with Crippen LogP contribution in [0.25, 0.3) is 0 Å². The monoisotopic (exact) mass is 863 g/mol. The highest BCUT2D eigenvalue weighted by atomic mass is 32.2. The minimum atomic E-state index is -4.79. The van der Waals surface area contributed by atoms with Crippen molar-refractivity contribution in [1.82, 2.24) is 20.0 Å². The normalized spacial score (nSPS) is 23.7. The molecule has 19 heteroatoms. The average molecular weight is 864 g/mol. The lowest BCUT2D eigenvalue weighted by atomic mass is 9.95. The molecule has 4 unspecified atom stereocenters. The van der Waals surface area contributed by atoms with Crippen LogP contribution in [0.15, 0.2) is 54.6 Å². The predicted octanol–water partition coefficient (Wildman–Crippen LogP) is 4.62. The van der Waals surface area contributed by atoms with Gasteiger partial charge in [-0.3, -0.25) is 44.0 Å². The Bertz CT molecular complexity index is 2370. The zero-order valence-electron chi connectivity index (χ0n) is 33.1. The van der Waals surface area contributed by atoms with Crippen molar-refractivity contribution >= 4 is 52.7 Å². The van der Waals surface area contributed by atoms with Crippen LogP contribution in [0, 0.1) is 17.1 Å². The Hall–Kier alpha value is -5.71. The number of halogens is 4. The summed E-state index contributed by atoms with van der Waals surface area (Å²) < 4.78 is 62.9. The zero-order valence-corrected chi connectivity index (χ0v) is 33.9. The van der Waals surface area contributed by atoms with Crippen molar-refractivity contribution in [3.05, 3.63) is 88.2 Å².